The highest BCUT2D eigenvalue weighted by Crippen LogP contribution is 2.33. The van der Waals surface area contributed by atoms with E-state index in [2.05, 4.69) is 63.1 Å². The Labute approximate surface area is 170 Å². The van der Waals surface area contributed by atoms with Gasteiger partial charge in [-0.3, -0.25) is 14.6 Å². The van der Waals surface area contributed by atoms with Gasteiger partial charge in [-0.05, 0) is 32.0 Å². The zero-order chi connectivity index (χ0) is 19.8. The maximum absolute atomic E-state index is 5.11. The van der Waals surface area contributed by atoms with Crippen LogP contribution in [0.25, 0.3) is 22.3 Å². The smallest absolute Gasteiger partial charge is 0.115 e. The quantitative estimate of drug-likeness (QED) is 0.536. The summed E-state index contributed by atoms with van der Waals surface area (Å²) in [7, 11) is 4.03. The van der Waals surface area contributed by atoms with Crippen molar-refractivity contribution in [3.63, 3.8) is 0 Å². The number of piperidine rings is 1. The molecule has 29 heavy (non-hydrogen) atoms. The maximum atomic E-state index is 5.11. The van der Waals surface area contributed by atoms with E-state index in [1.807, 2.05) is 30.3 Å². The van der Waals surface area contributed by atoms with Crippen molar-refractivity contribution in [1.82, 2.24) is 29.2 Å². The van der Waals surface area contributed by atoms with Crippen LogP contribution in [0, 0.1) is 0 Å². The SMILES string of the molecule is Cn1cc(CN2CCC(c3cc4c(ncn4C)c(-c4ccccc4)n3)CC2)cn1. The van der Waals surface area contributed by atoms with Crippen molar-refractivity contribution in [2.75, 3.05) is 13.1 Å². The fraction of sp³-hybridized carbons (Fsp3) is 0.348. The summed E-state index contributed by atoms with van der Waals surface area (Å²) >= 11 is 0. The number of likely N-dealkylation sites (tertiary alicyclic amines) is 1. The fourth-order valence-corrected chi connectivity index (χ4v) is 4.35. The van der Waals surface area contributed by atoms with Gasteiger partial charge in [0.05, 0.1) is 23.7 Å². The van der Waals surface area contributed by atoms with E-state index >= 15 is 0 Å². The van der Waals surface area contributed by atoms with Crippen LogP contribution in [0.3, 0.4) is 0 Å². The van der Waals surface area contributed by atoms with Crippen LogP contribution in [0.15, 0.2) is 55.1 Å². The van der Waals surface area contributed by atoms with Gasteiger partial charge in [0.1, 0.15) is 5.52 Å². The molecule has 0 radical (unpaired) electrons. The number of aryl methyl sites for hydroxylation is 2. The highest BCUT2D eigenvalue weighted by atomic mass is 15.2. The first-order valence-electron chi connectivity index (χ1n) is 10.2. The van der Waals surface area contributed by atoms with E-state index in [0.717, 1.165) is 54.8 Å². The number of imidazole rings is 1. The number of pyridine rings is 1. The predicted molar refractivity (Wildman–Crippen MR) is 114 cm³/mol. The van der Waals surface area contributed by atoms with E-state index in [-0.39, 0.29) is 0 Å². The first kappa shape index (κ1) is 18.1. The summed E-state index contributed by atoms with van der Waals surface area (Å²) in [6.07, 6.45) is 8.22. The van der Waals surface area contributed by atoms with Crippen molar-refractivity contribution >= 4 is 11.0 Å². The van der Waals surface area contributed by atoms with Crippen molar-refractivity contribution < 1.29 is 0 Å². The minimum Gasteiger partial charge on any atom is -0.334 e. The number of nitrogens with zero attached hydrogens (tertiary/aromatic N) is 6. The Hall–Kier alpha value is -2.99. The molecular formula is C23H26N6. The van der Waals surface area contributed by atoms with Gasteiger partial charge in [0.2, 0.25) is 0 Å². The van der Waals surface area contributed by atoms with E-state index in [1.54, 1.807) is 0 Å². The number of aromatic nitrogens is 5. The molecule has 3 aromatic heterocycles. The molecule has 1 fully saturated rings. The summed E-state index contributed by atoms with van der Waals surface area (Å²) in [5.74, 6) is 0.488. The largest absolute Gasteiger partial charge is 0.334 e. The summed E-state index contributed by atoms with van der Waals surface area (Å²) in [4.78, 5) is 12.3. The lowest BCUT2D eigenvalue weighted by atomic mass is 9.92. The number of fused-ring (bicyclic) bond motifs is 1. The van der Waals surface area contributed by atoms with Gasteiger partial charge in [0.25, 0.3) is 0 Å². The molecule has 1 aliphatic rings. The van der Waals surface area contributed by atoms with Gasteiger partial charge in [0, 0.05) is 49.6 Å². The first-order chi connectivity index (χ1) is 14.2. The maximum Gasteiger partial charge on any atom is 0.115 e. The molecule has 0 saturated carbocycles. The van der Waals surface area contributed by atoms with Crippen molar-refractivity contribution in [2.24, 2.45) is 14.1 Å². The lowest BCUT2D eigenvalue weighted by Gasteiger charge is -2.31. The van der Waals surface area contributed by atoms with E-state index in [4.69, 9.17) is 4.98 Å². The number of rotatable bonds is 4. The minimum absolute atomic E-state index is 0.488. The lowest BCUT2D eigenvalue weighted by molar-refractivity contribution is 0.203. The van der Waals surface area contributed by atoms with Crippen LogP contribution >= 0.6 is 0 Å². The highest BCUT2D eigenvalue weighted by molar-refractivity contribution is 5.90. The number of benzene rings is 1. The summed E-state index contributed by atoms with van der Waals surface area (Å²) in [5, 5.41) is 4.29. The monoisotopic (exact) mass is 386 g/mol. The van der Waals surface area contributed by atoms with Gasteiger partial charge in [0.15, 0.2) is 0 Å². The van der Waals surface area contributed by atoms with E-state index in [0.29, 0.717) is 5.92 Å². The van der Waals surface area contributed by atoms with Crippen molar-refractivity contribution in [1.29, 1.82) is 0 Å². The normalized spacial score (nSPS) is 15.9. The second kappa shape index (κ2) is 7.44. The summed E-state index contributed by atoms with van der Waals surface area (Å²) in [5.41, 5.74) is 6.75. The van der Waals surface area contributed by atoms with Crippen LogP contribution in [0.1, 0.15) is 30.0 Å². The van der Waals surface area contributed by atoms with Crippen molar-refractivity contribution in [3.05, 3.63) is 66.4 Å². The molecule has 5 rings (SSSR count). The Morgan fingerprint density at radius 1 is 1.07 bits per heavy atom. The predicted octanol–water partition coefficient (Wildman–Crippen LogP) is 3.75. The first-order valence-corrected chi connectivity index (χ1v) is 10.2. The second-order valence-corrected chi connectivity index (χ2v) is 8.06. The Morgan fingerprint density at radius 3 is 2.59 bits per heavy atom. The Balaban J connectivity index is 1.40. The van der Waals surface area contributed by atoms with Gasteiger partial charge >= 0.3 is 0 Å². The van der Waals surface area contributed by atoms with Crippen LogP contribution in [-0.4, -0.2) is 42.3 Å². The molecule has 0 amide bonds. The third-order valence-corrected chi connectivity index (χ3v) is 5.95. The van der Waals surface area contributed by atoms with Gasteiger partial charge in [-0.1, -0.05) is 30.3 Å². The molecular weight excluding hydrogens is 360 g/mol. The molecule has 4 aromatic rings. The molecule has 4 heterocycles. The van der Waals surface area contributed by atoms with Crippen LogP contribution < -0.4 is 0 Å². The van der Waals surface area contributed by atoms with Crippen LogP contribution in [0.4, 0.5) is 0 Å². The molecule has 0 aliphatic carbocycles. The Bertz CT molecular complexity index is 1120. The number of hydrogen-bond donors (Lipinski definition) is 0. The topological polar surface area (TPSA) is 51.8 Å². The molecule has 1 saturated heterocycles. The van der Waals surface area contributed by atoms with E-state index in [9.17, 15) is 0 Å². The van der Waals surface area contributed by atoms with Crippen LogP contribution in [0.5, 0.6) is 0 Å². The molecule has 0 N–H and O–H groups in total. The Kier molecular flexibility index (Phi) is 4.64. The lowest BCUT2D eigenvalue weighted by Crippen LogP contribution is -2.32. The zero-order valence-electron chi connectivity index (χ0n) is 17.0. The van der Waals surface area contributed by atoms with E-state index < -0.39 is 0 Å². The Morgan fingerprint density at radius 2 is 1.86 bits per heavy atom. The average Bonchev–Trinajstić information content (AvgIpc) is 3.34. The molecule has 0 spiro atoms. The standard InChI is InChI=1S/C23H26N6/c1-27-16-24-23-21(27)12-20(26-22(23)19-6-4-3-5-7-19)18-8-10-29(11-9-18)15-17-13-25-28(2)14-17/h3-7,12-14,16,18H,8-11,15H2,1-2H3. The van der Waals surface area contributed by atoms with E-state index in [1.165, 1.54) is 11.3 Å². The highest BCUT2D eigenvalue weighted by Gasteiger charge is 2.24. The van der Waals surface area contributed by atoms with Crippen molar-refractivity contribution in [2.45, 2.75) is 25.3 Å². The molecule has 0 atom stereocenters. The molecule has 148 valence electrons. The molecule has 1 aromatic carbocycles. The molecule has 6 heteroatoms. The zero-order valence-corrected chi connectivity index (χ0v) is 17.0. The third kappa shape index (κ3) is 3.56. The molecule has 0 bridgehead atoms. The summed E-state index contributed by atoms with van der Waals surface area (Å²) in [6, 6.07) is 12.7. The number of hydrogen-bond acceptors (Lipinski definition) is 4. The van der Waals surface area contributed by atoms with Gasteiger partial charge in [-0.15, -0.1) is 0 Å². The summed E-state index contributed by atoms with van der Waals surface area (Å²) < 4.78 is 3.98. The van der Waals surface area contributed by atoms with Crippen LogP contribution in [0.2, 0.25) is 0 Å². The van der Waals surface area contributed by atoms with Gasteiger partial charge < -0.3 is 4.57 Å². The molecule has 0 unspecified atom stereocenters. The molecule has 1 aliphatic heterocycles. The van der Waals surface area contributed by atoms with Crippen LogP contribution in [-0.2, 0) is 20.6 Å². The van der Waals surface area contributed by atoms with Gasteiger partial charge in [-0.25, -0.2) is 4.98 Å². The van der Waals surface area contributed by atoms with Crippen molar-refractivity contribution in [3.8, 4) is 11.3 Å². The molecule has 6 nitrogen and oxygen atoms in total. The fourth-order valence-electron chi connectivity index (χ4n) is 4.35. The summed E-state index contributed by atoms with van der Waals surface area (Å²) in [6.45, 7) is 3.15. The van der Waals surface area contributed by atoms with Gasteiger partial charge in [-0.2, -0.15) is 5.10 Å². The minimum atomic E-state index is 0.488. The third-order valence-electron chi connectivity index (χ3n) is 5.95. The average molecular weight is 387 g/mol. The second-order valence-electron chi connectivity index (χ2n) is 8.06.